The molecule has 1 aromatic rings. The molecule has 0 saturated carbocycles. The van der Waals surface area contributed by atoms with Crippen LogP contribution in [0.1, 0.15) is 13.3 Å². The number of ether oxygens (including phenoxy) is 1. The molecule has 1 heterocycles. The van der Waals surface area contributed by atoms with Crippen molar-refractivity contribution in [1.82, 2.24) is 15.1 Å². The first kappa shape index (κ1) is 11.2. The molecule has 0 fully saturated rings. The van der Waals surface area contributed by atoms with E-state index in [4.69, 9.17) is 4.74 Å². The molecule has 0 aliphatic carbocycles. The van der Waals surface area contributed by atoms with E-state index in [1.165, 1.54) is 0 Å². The molecule has 1 unspecified atom stereocenters. The van der Waals surface area contributed by atoms with Crippen LogP contribution in [0.25, 0.3) is 0 Å². The van der Waals surface area contributed by atoms with E-state index in [9.17, 15) is 0 Å². The van der Waals surface area contributed by atoms with Gasteiger partial charge in [0, 0.05) is 32.2 Å². The minimum absolute atomic E-state index is 0.451. The van der Waals surface area contributed by atoms with Crippen LogP contribution in [0.4, 0.5) is 0 Å². The fourth-order valence-electron chi connectivity index (χ4n) is 1.32. The first-order valence-electron chi connectivity index (χ1n) is 5.02. The third kappa shape index (κ3) is 4.39. The van der Waals surface area contributed by atoms with Gasteiger partial charge in [-0.15, -0.1) is 0 Å². The Morgan fingerprint density at radius 3 is 3.07 bits per heavy atom. The van der Waals surface area contributed by atoms with E-state index in [1.807, 2.05) is 16.9 Å². The summed E-state index contributed by atoms with van der Waals surface area (Å²) in [4.78, 5) is 0. The maximum absolute atomic E-state index is 4.97. The molecule has 0 bridgehead atoms. The van der Waals surface area contributed by atoms with Crippen LogP contribution in [0.5, 0.6) is 0 Å². The predicted molar refractivity (Wildman–Crippen MR) is 56.2 cm³/mol. The van der Waals surface area contributed by atoms with Crippen molar-refractivity contribution >= 4 is 0 Å². The molecule has 1 aromatic heterocycles. The molecule has 1 atom stereocenters. The van der Waals surface area contributed by atoms with Gasteiger partial charge in [0.25, 0.3) is 0 Å². The fourth-order valence-corrected chi connectivity index (χ4v) is 1.32. The smallest absolute Gasteiger partial charge is 0.0559 e. The Balaban J connectivity index is 2.07. The van der Waals surface area contributed by atoms with Gasteiger partial charge in [-0.05, 0) is 26.0 Å². The second kappa shape index (κ2) is 6.56. The summed E-state index contributed by atoms with van der Waals surface area (Å²) in [5, 5.41) is 7.57. The number of methoxy groups -OCH3 is 1. The first-order valence-corrected chi connectivity index (χ1v) is 5.02. The van der Waals surface area contributed by atoms with Gasteiger partial charge in [0.2, 0.25) is 0 Å². The van der Waals surface area contributed by atoms with Gasteiger partial charge in [-0.3, -0.25) is 4.68 Å². The van der Waals surface area contributed by atoms with Crippen molar-refractivity contribution < 1.29 is 4.74 Å². The van der Waals surface area contributed by atoms with Gasteiger partial charge < -0.3 is 10.1 Å². The first-order chi connectivity index (χ1) is 6.83. The monoisotopic (exact) mass is 197 g/mol. The van der Waals surface area contributed by atoms with Crippen molar-refractivity contribution in [3.8, 4) is 0 Å². The summed E-state index contributed by atoms with van der Waals surface area (Å²) in [5.74, 6) is 0. The molecule has 0 spiro atoms. The van der Waals surface area contributed by atoms with Crippen LogP contribution in [0, 0.1) is 0 Å². The summed E-state index contributed by atoms with van der Waals surface area (Å²) in [6.45, 7) is 4.90. The van der Waals surface area contributed by atoms with Gasteiger partial charge in [0.1, 0.15) is 0 Å². The second-order valence-electron chi connectivity index (χ2n) is 3.43. The maximum atomic E-state index is 4.97. The third-order valence-electron chi connectivity index (χ3n) is 2.04. The van der Waals surface area contributed by atoms with E-state index in [-0.39, 0.29) is 0 Å². The zero-order valence-corrected chi connectivity index (χ0v) is 8.94. The van der Waals surface area contributed by atoms with Gasteiger partial charge >= 0.3 is 0 Å². The summed E-state index contributed by atoms with van der Waals surface area (Å²) in [6, 6.07) is 2.39. The molecule has 14 heavy (non-hydrogen) atoms. The molecule has 4 heteroatoms. The Bertz CT molecular complexity index is 223. The number of aromatic nitrogens is 2. The highest BCUT2D eigenvalue weighted by atomic mass is 16.5. The van der Waals surface area contributed by atoms with Crippen LogP contribution in [0.15, 0.2) is 18.5 Å². The molecule has 0 aliphatic rings. The molecule has 0 aromatic carbocycles. The van der Waals surface area contributed by atoms with Crippen molar-refractivity contribution in [1.29, 1.82) is 0 Å². The zero-order valence-electron chi connectivity index (χ0n) is 8.94. The molecule has 0 amide bonds. The van der Waals surface area contributed by atoms with Gasteiger partial charge in [0.05, 0.1) is 6.54 Å². The SMILES string of the molecule is COCCCNC(C)Cn1cccn1. The number of nitrogens with one attached hydrogen (secondary N) is 1. The molecule has 0 aliphatic heterocycles. The fraction of sp³-hybridized carbons (Fsp3) is 0.700. The third-order valence-corrected chi connectivity index (χ3v) is 2.04. The van der Waals surface area contributed by atoms with Crippen molar-refractivity contribution in [2.24, 2.45) is 0 Å². The van der Waals surface area contributed by atoms with Crippen molar-refractivity contribution in [3.63, 3.8) is 0 Å². The number of hydrogen-bond donors (Lipinski definition) is 1. The highest BCUT2D eigenvalue weighted by molar-refractivity contribution is 4.78. The predicted octanol–water partition coefficient (Wildman–Crippen LogP) is 0.898. The zero-order chi connectivity index (χ0) is 10.2. The Labute approximate surface area is 85.3 Å². The Morgan fingerprint density at radius 1 is 1.57 bits per heavy atom. The van der Waals surface area contributed by atoms with Gasteiger partial charge in [-0.2, -0.15) is 5.10 Å². The largest absolute Gasteiger partial charge is 0.385 e. The van der Waals surface area contributed by atoms with Gasteiger partial charge in [-0.25, -0.2) is 0 Å². The number of nitrogens with zero attached hydrogens (tertiary/aromatic N) is 2. The lowest BCUT2D eigenvalue weighted by atomic mass is 10.3. The Morgan fingerprint density at radius 2 is 2.43 bits per heavy atom. The summed E-state index contributed by atoms with van der Waals surface area (Å²) in [7, 11) is 1.73. The van der Waals surface area contributed by atoms with E-state index in [0.717, 1.165) is 26.1 Å². The number of hydrogen-bond acceptors (Lipinski definition) is 3. The van der Waals surface area contributed by atoms with Crippen molar-refractivity contribution in [2.45, 2.75) is 25.9 Å². The van der Waals surface area contributed by atoms with Crippen LogP contribution in [0.2, 0.25) is 0 Å². The molecule has 80 valence electrons. The Kier molecular flexibility index (Phi) is 5.25. The van der Waals surface area contributed by atoms with E-state index in [1.54, 1.807) is 13.3 Å². The molecular formula is C10H19N3O. The van der Waals surface area contributed by atoms with Crippen molar-refractivity contribution in [2.75, 3.05) is 20.3 Å². The second-order valence-corrected chi connectivity index (χ2v) is 3.43. The lowest BCUT2D eigenvalue weighted by molar-refractivity contribution is 0.193. The van der Waals surface area contributed by atoms with Crippen LogP contribution in [-0.2, 0) is 11.3 Å². The van der Waals surface area contributed by atoms with E-state index in [2.05, 4.69) is 17.3 Å². The van der Waals surface area contributed by atoms with E-state index in [0.29, 0.717) is 6.04 Å². The average Bonchev–Trinajstić information content (AvgIpc) is 2.65. The van der Waals surface area contributed by atoms with E-state index >= 15 is 0 Å². The standard InChI is InChI=1S/C10H19N3O/c1-10(11-5-4-8-14-2)9-13-7-3-6-12-13/h3,6-7,10-11H,4-5,8-9H2,1-2H3. The molecule has 1 rings (SSSR count). The average molecular weight is 197 g/mol. The highest BCUT2D eigenvalue weighted by Crippen LogP contribution is 1.90. The summed E-state index contributed by atoms with van der Waals surface area (Å²) < 4.78 is 6.91. The molecular weight excluding hydrogens is 178 g/mol. The molecule has 4 nitrogen and oxygen atoms in total. The minimum atomic E-state index is 0.451. The topological polar surface area (TPSA) is 39.1 Å². The normalized spacial score (nSPS) is 13.0. The Hall–Kier alpha value is -0.870. The van der Waals surface area contributed by atoms with Gasteiger partial charge in [-0.1, -0.05) is 0 Å². The highest BCUT2D eigenvalue weighted by Gasteiger charge is 2.01. The number of rotatable bonds is 7. The quantitative estimate of drug-likeness (QED) is 0.660. The van der Waals surface area contributed by atoms with Crippen LogP contribution in [0.3, 0.4) is 0 Å². The lowest BCUT2D eigenvalue weighted by Crippen LogP contribution is -2.31. The summed E-state index contributed by atoms with van der Waals surface area (Å²) >= 11 is 0. The molecule has 0 saturated heterocycles. The van der Waals surface area contributed by atoms with Crippen LogP contribution >= 0.6 is 0 Å². The van der Waals surface area contributed by atoms with Gasteiger partial charge in [0.15, 0.2) is 0 Å². The van der Waals surface area contributed by atoms with Crippen LogP contribution in [-0.4, -0.2) is 36.1 Å². The lowest BCUT2D eigenvalue weighted by Gasteiger charge is -2.13. The summed E-state index contributed by atoms with van der Waals surface area (Å²) in [5.41, 5.74) is 0. The van der Waals surface area contributed by atoms with Crippen molar-refractivity contribution in [3.05, 3.63) is 18.5 Å². The molecule has 1 N–H and O–H groups in total. The maximum Gasteiger partial charge on any atom is 0.0559 e. The molecule has 0 radical (unpaired) electrons. The van der Waals surface area contributed by atoms with Crippen LogP contribution < -0.4 is 5.32 Å². The van der Waals surface area contributed by atoms with E-state index < -0.39 is 0 Å². The summed E-state index contributed by atoms with van der Waals surface area (Å²) in [6.07, 6.45) is 4.84. The minimum Gasteiger partial charge on any atom is -0.385 e.